The molecule has 4 aromatic rings. The largest absolute Gasteiger partial charge is 0.384 e. The fourth-order valence-electron chi connectivity index (χ4n) is 3.46. The molecule has 0 fully saturated rings. The zero-order valence-corrected chi connectivity index (χ0v) is 22.5. The second-order valence-electron chi connectivity index (χ2n) is 8.28. The maximum absolute atomic E-state index is 13.2. The maximum Gasteiger partial charge on any atom is 0.333 e. The quantitative estimate of drug-likeness (QED) is 0.298. The number of amides is 2. The number of nitrogens with one attached hydrogen (secondary N) is 3. The average molecular weight is 562 g/mol. The number of fused-ring (bicyclic) bond motifs is 1. The van der Waals surface area contributed by atoms with Gasteiger partial charge in [-0.15, -0.1) is 11.3 Å². The van der Waals surface area contributed by atoms with Crippen molar-refractivity contribution in [1.29, 1.82) is 0 Å². The van der Waals surface area contributed by atoms with Crippen molar-refractivity contribution in [1.82, 2.24) is 24.2 Å². The lowest BCUT2D eigenvalue weighted by Gasteiger charge is -2.13. The zero-order valence-electron chi connectivity index (χ0n) is 20.1. The number of thiophene rings is 1. The number of rotatable bonds is 8. The van der Waals surface area contributed by atoms with Crippen molar-refractivity contribution < 1.29 is 13.2 Å². The van der Waals surface area contributed by atoms with E-state index >= 15 is 0 Å². The van der Waals surface area contributed by atoms with Crippen LogP contribution in [0.15, 0.2) is 57.7 Å². The Hall–Kier alpha value is -3.52. The van der Waals surface area contributed by atoms with Crippen molar-refractivity contribution in [2.24, 2.45) is 0 Å². The Bertz CT molecular complexity index is 1620. The van der Waals surface area contributed by atoms with E-state index in [1.54, 1.807) is 13.0 Å². The summed E-state index contributed by atoms with van der Waals surface area (Å²) in [4.78, 5) is 36.3. The summed E-state index contributed by atoms with van der Waals surface area (Å²) in [5.41, 5.74) is 1.38. The molecule has 0 spiro atoms. The highest BCUT2D eigenvalue weighted by molar-refractivity contribution is 7.92. The van der Waals surface area contributed by atoms with Crippen LogP contribution in [0.3, 0.4) is 0 Å². The summed E-state index contributed by atoms with van der Waals surface area (Å²) in [6.45, 7) is 3.32. The van der Waals surface area contributed by atoms with Gasteiger partial charge in [0.05, 0.1) is 27.1 Å². The molecular weight excluding hydrogens is 538 g/mol. The number of hydrogen-bond acceptors (Lipinski definition) is 9. The molecule has 4 rings (SSSR count). The molecule has 0 aliphatic heterocycles. The standard InChI is InChI=1S/C23H24ClN7O4S2/c1-14-27-18-12-15(25-10-11-30(2)3)4-6-17(18)22(32)31(14)20-8-5-16(13-26-20)28-23(33)29-37(34,35)21-9-7-19(24)36-21/h4-9,12-13,25H,10-11H2,1-3H3,(H2,28,29,33). The summed E-state index contributed by atoms with van der Waals surface area (Å²) in [7, 11) is -0.0742. The molecule has 3 aromatic heterocycles. The first-order valence-corrected chi connectivity index (χ1v) is 13.7. The molecule has 0 aliphatic carbocycles. The maximum atomic E-state index is 13.2. The van der Waals surface area contributed by atoms with Gasteiger partial charge >= 0.3 is 6.03 Å². The first kappa shape index (κ1) is 26.5. The summed E-state index contributed by atoms with van der Waals surface area (Å²) in [5.74, 6) is 0.742. The second kappa shape index (κ2) is 10.8. The molecule has 14 heteroatoms. The number of carbonyl (C=O) groups is 1. The molecule has 0 atom stereocenters. The van der Waals surface area contributed by atoms with Gasteiger partial charge in [-0.05, 0) is 63.5 Å². The van der Waals surface area contributed by atoms with Gasteiger partial charge < -0.3 is 15.5 Å². The van der Waals surface area contributed by atoms with Crippen LogP contribution in [0.5, 0.6) is 0 Å². The lowest BCUT2D eigenvalue weighted by molar-refractivity contribution is 0.256. The number of carbonyl (C=O) groups excluding carboxylic acids is 1. The lowest BCUT2D eigenvalue weighted by atomic mass is 10.2. The molecule has 0 saturated heterocycles. The highest BCUT2D eigenvalue weighted by Gasteiger charge is 2.20. The Morgan fingerprint density at radius 2 is 1.89 bits per heavy atom. The number of sulfonamides is 1. The van der Waals surface area contributed by atoms with Gasteiger partial charge in [0.15, 0.2) is 0 Å². The van der Waals surface area contributed by atoms with Crippen molar-refractivity contribution in [2.45, 2.75) is 11.1 Å². The highest BCUT2D eigenvalue weighted by atomic mass is 35.5. The number of aromatic nitrogens is 3. The molecule has 0 saturated carbocycles. The fraction of sp³-hybridized carbons (Fsp3) is 0.217. The van der Waals surface area contributed by atoms with E-state index in [1.807, 2.05) is 31.0 Å². The topological polar surface area (TPSA) is 138 Å². The molecule has 2 amide bonds. The highest BCUT2D eigenvalue weighted by Crippen LogP contribution is 2.25. The van der Waals surface area contributed by atoms with E-state index in [4.69, 9.17) is 11.6 Å². The molecule has 1 aromatic carbocycles. The third-order valence-electron chi connectivity index (χ3n) is 5.20. The van der Waals surface area contributed by atoms with E-state index in [1.165, 1.54) is 35.0 Å². The summed E-state index contributed by atoms with van der Waals surface area (Å²) in [6.07, 6.45) is 1.32. The van der Waals surface area contributed by atoms with Crippen molar-refractivity contribution in [3.63, 3.8) is 0 Å². The normalized spacial score (nSPS) is 11.6. The Kier molecular flexibility index (Phi) is 7.78. The number of likely N-dealkylation sites (N-methyl/N-ethyl adjacent to an activating group) is 1. The Balaban J connectivity index is 1.50. The van der Waals surface area contributed by atoms with Crippen LogP contribution in [-0.2, 0) is 10.0 Å². The van der Waals surface area contributed by atoms with Crippen molar-refractivity contribution in [3.05, 3.63) is 69.2 Å². The number of urea groups is 1. The zero-order chi connectivity index (χ0) is 26.7. The number of benzene rings is 1. The van der Waals surface area contributed by atoms with Gasteiger partial charge in [-0.2, -0.15) is 0 Å². The molecule has 194 valence electrons. The minimum absolute atomic E-state index is 0.0868. The molecule has 3 N–H and O–H groups in total. The molecular formula is C23H24ClN7O4S2. The predicted molar refractivity (Wildman–Crippen MR) is 146 cm³/mol. The number of nitrogens with zero attached hydrogens (tertiary/aromatic N) is 4. The molecule has 0 aliphatic rings. The van der Waals surface area contributed by atoms with Crippen molar-refractivity contribution in [2.75, 3.05) is 37.8 Å². The van der Waals surface area contributed by atoms with Crippen LogP contribution in [0.2, 0.25) is 4.34 Å². The monoisotopic (exact) mass is 561 g/mol. The molecule has 0 unspecified atom stereocenters. The smallest absolute Gasteiger partial charge is 0.333 e. The number of aryl methyl sites for hydroxylation is 1. The van der Waals surface area contributed by atoms with Crippen LogP contribution < -0.4 is 20.9 Å². The Morgan fingerprint density at radius 1 is 1.14 bits per heavy atom. The van der Waals surface area contributed by atoms with E-state index in [-0.39, 0.29) is 19.8 Å². The molecule has 3 heterocycles. The van der Waals surface area contributed by atoms with Crippen LogP contribution >= 0.6 is 22.9 Å². The number of pyridine rings is 1. The second-order valence-corrected chi connectivity index (χ2v) is 11.9. The third kappa shape index (κ3) is 6.25. The first-order valence-electron chi connectivity index (χ1n) is 11.0. The van der Waals surface area contributed by atoms with Crippen LogP contribution in [0.1, 0.15) is 5.82 Å². The van der Waals surface area contributed by atoms with Gasteiger partial charge in [-0.1, -0.05) is 11.6 Å². The Labute approximate surface area is 222 Å². The van der Waals surface area contributed by atoms with Crippen LogP contribution in [-0.4, -0.2) is 61.1 Å². The number of halogens is 1. The van der Waals surface area contributed by atoms with E-state index in [0.29, 0.717) is 22.5 Å². The SMILES string of the molecule is Cc1nc2cc(NCCN(C)C)ccc2c(=O)n1-c1ccc(NC(=O)NS(=O)(=O)c2ccc(Cl)s2)cn1. The van der Waals surface area contributed by atoms with Gasteiger partial charge in [0.2, 0.25) is 0 Å². The molecule has 37 heavy (non-hydrogen) atoms. The summed E-state index contributed by atoms with van der Waals surface area (Å²) in [5, 5.41) is 6.16. The number of anilines is 2. The van der Waals surface area contributed by atoms with Crippen molar-refractivity contribution >= 4 is 61.3 Å². The van der Waals surface area contributed by atoms with Gasteiger partial charge in [-0.25, -0.2) is 32.5 Å². The first-order chi connectivity index (χ1) is 17.5. The average Bonchev–Trinajstić information content (AvgIpc) is 3.27. The minimum Gasteiger partial charge on any atom is -0.384 e. The fourth-order valence-corrected chi connectivity index (χ4v) is 5.85. The lowest BCUT2D eigenvalue weighted by Crippen LogP contribution is -2.34. The predicted octanol–water partition coefficient (Wildman–Crippen LogP) is 3.29. The van der Waals surface area contributed by atoms with Gasteiger partial charge in [0.25, 0.3) is 15.6 Å². The molecule has 0 bridgehead atoms. The van der Waals surface area contributed by atoms with E-state index in [0.717, 1.165) is 30.1 Å². The van der Waals surface area contributed by atoms with Gasteiger partial charge in [0.1, 0.15) is 15.9 Å². The van der Waals surface area contributed by atoms with Crippen LogP contribution in [0.25, 0.3) is 16.7 Å². The summed E-state index contributed by atoms with van der Waals surface area (Å²) >= 11 is 6.60. The van der Waals surface area contributed by atoms with Gasteiger partial charge in [-0.3, -0.25) is 4.79 Å². The van der Waals surface area contributed by atoms with Crippen LogP contribution in [0.4, 0.5) is 16.2 Å². The molecule has 11 nitrogen and oxygen atoms in total. The van der Waals surface area contributed by atoms with Crippen LogP contribution in [0, 0.1) is 6.92 Å². The third-order valence-corrected chi connectivity index (χ3v) is 8.25. The number of hydrogen-bond donors (Lipinski definition) is 3. The van der Waals surface area contributed by atoms with E-state index in [2.05, 4.69) is 25.5 Å². The van der Waals surface area contributed by atoms with Crippen molar-refractivity contribution in [3.8, 4) is 5.82 Å². The Morgan fingerprint density at radius 3 is 2.54 bits per heavy atom. The van der Waals surface area contributed by atoms with E-state index < -0.39 is 16.1 Å². The van der Waals surface area contributed by atoms with E-state index in [9.17, 15) is 18.0 Å². The summed E-state index contributed by atoms with van der Waals surface area (Å²) in [6, 6.07) is 10.2. The molecule has 0 radical (unpaired) electrons. The summed E-state index contributed by atoms with van der Waals surface area (Å²) < 4.78 is 28.0. The minimum atomic E-state index is -4.06. The van der Waals surface area contributed by atoms with Gasteiger partial charge in [0, 0.05) is 18.8 Å².